The van der Waals surface area contributed by atoms with Crippen molar-refractivity contribution in [2.75, 3.05) is 24.4 Å². The Balaban J connectivity index is 2.10. The van der Waals surface area contributed by atoms with Crippen LogP contribution < -0.4 is 15.8 Å². The number of hydrogen-bond acceptors (Lipinski definition) is 7. The maximum Gasteiger partial charge on any atom is 0.242 e. The zero-order valence-electron chi connectivity index (χ0n) is 11.7. The lowest BCUT2D eigenvalue weighted by Gasteiger charge is -2.10. The second-order valence-electron chi connectivity index (χ2n) is 4.41. The Bertz CT molecular complexity index is 730. The predicted octanol–water partition coefficient (Wildman–Crippen LogP) is 1.08. The molecule has 0 aliphatic rings. The van der Waals surface area contributed by atoms with Crippen molar-refractivity contribution < 1.29 is 13.2 Å². The first-order valence-corrected chi connectivity index (χ1v) is 7.98. The van der Waals surface area contributed by atoms with E-state index >= 15 is 0 Å². The summed E-state index contributed by atoms with van der Waals surface area (Å²) in [6, 6.07) is 6.60. The molecule has 0 aliphatic heterocycles. The normalized spacial score (nSPS) is 11.1. The quantitative estimate of drug-likeness (QED) is 0.851. The van der Waals surface area contributed by atoms with E-state index in [1.165, 1.54) is 19.7 Å². The third-order valence-electron chi connectivity index (χ3n) is 2.85. The number of benzene rings is 1. The van der Waals surface area contributed by atoms with Gasteiger partial charge in [-0.25, -0.2) is 13.4 Å². The van der Waals surface area contributed by atoms with E-state index in [2.05, 4.69) is 15.3 Å². The van der Waals surface area contributed by atoms with Crippen LogP contribution in [-0.2, 0) is 16.4 Å². The molecule has 1 aromatic heterocycles. The van der Waals surface area contributed by atoms with E-state index in [-0.39, 0.29) is 4.90 Å². The highest BCUT2D eigenvalue weighted by atomic mass is 32.2. The lowest BCUT2D eigenvalue weighted by molar-refractivity contribution is 0.399. The number of nitrogen functional groups attached to an aromatic ring is 1. The Morgan fingerprint density at radius 2 is 1.90 bits per heavy atom. The minimum atomic E-state index is -3.18. The smallest absolute Gasteiger partial charge is 0.242 e. The molecule has 7 nitrogen and oxygen atoms in total. The maximum absolute atomic E-state index is 11.4. The summed E-state index contributed by atoms with van der Waals surface area (Å²) in [4.78, 5) is 8.21. The second kappa shape index (κ2) is 5.96. The molecule has 0 saturated heterocycles. The zero-order valence-corrected chi connectivity index (χ0v) is 12.5. The molecule has 0 amide bonds. The van der Waals surface area contributed by atoms with Crippen LogP contribution in [0.15, 0.2) is 35.5 Å². The van der Waals surface area contributed by atoms with Crippen molar-refractivity contribution in [3.8, 4) is 5.88 Å². The lowest BCUT2D eigenvalue weighted by Crippen LogP contribution is -2.07. The van der Waals surface area contributed by atoms with Crippen LogP contribution in [0.5, 0.6) is 5.88 Å². The number of aromatic nitrogens is 2. The summed E-state index contributed by atoms with van der Waals surface area (Å²) >= 11 is 0. The van der Waals surface area contributed by atoms with Gasteiger partial charge in [0.2, 0.25) is 5.88 Å². The number of nitrogens with two attached hydrogens (primary N) is 1. The molecule has 0 bridgehead atoms. The van der Waals surface area contributed by atoms with E-state index in [4.69, 9.17) is 10.5 Å². The van der Waals surface area contributed by atoms with Gasteiger partial charge in [-0.1, -0.05) is 12.1 Å². The van der Waals surface area contributed by atoms with Crippen molar-refractivity contribution in [2.45, 2.75) is 11.4 Å². The van der Waals surface area contributed by atoms with Crippen molar-refractivity contribution >= 4 is 21.3 Å². The monoisotopic (exact) mass is 308 g/mol. The highest BCUT2D eigenvalue weighted by Crippen LogP contribution is 2.24. The summed E-state index contributed by atoms with van der Waals surface area (Å²) in [5.74, 6) is 0.772. The number of anilines is 2. The number of hydrogen-bond donors (Lipinski definition) is 2. The first-order chi connectivity index (χ1) is 9.91. The maximum atomic E-state index is 11.4. The van der Waals surface area contributed by atoms with Crippen molar-refractivity contribution in [1.82, 2.24) is 9.97 Å². The summed E-state index contributed by atoms with van der Waals surface area (Å²) in [6.45, 7) is 0.453. The van der Waals surface area contributed by atoms with E-state index in [9.17, 15) is 8.42 Å². The molecule has 0 unspecified atom stereocenters. The van der Waals surface area contributed by atoms with Crippen LogP contribution in [0.4, 0.5) is 11.5 Å². The van der Waals surface area contributed by atoms with Crippen LogP contribution in [0.1, 0.15) is 5.56 Å². The van der Waals surface area contributed by atoms with Gasteiger partial charge < -0.3 is 15.8 Å². The van der Waals surface area contributed by atoms with Crippen molar-refractivity contribution in [2.24, 2.45) is 0 Å². The first-order valence-electron chi connectivity index (χ1n) is 6.09. The average molecular weight is 308 g/mol. The molecule has 0 spiro atoms. The van der Waals surface area contributed by atoms with Crippen LogP contribution in [0.2, 0.25) is 0 Å². The minimum Gasteiger partial charge on any atom is -0.479 e. The molecule has 0 atom stereocenters. The molecule has 112 valence electrons. The van der Waals surface area contributed by atoms with Gasteiger partial charge in [0.15, 0.2) is 15.7 Å². The minimum absolute atomic E-state index is 0.287. The molecule has 0 aliphatic carbocycles. The van der Waals surface area contributed by atoms with Gasteiger partial charge in [-0.05, 0) is 17.7 Å². The fourth-order valence-electron chi connectivity index (χ4n) is 1.72. The van der Waals surface area contributed by atoms with Crippen LogP contribution in [0.25, 0.3) is 0 Å². The van der Waals surface area contributed by atoms with E-state index in [1.54, 1.807) is 24.3 Å². The van der Waals surface area contributed by atoms with Crippen LogP contribution in [-0.4, -0.2) is 31.8 Å². The fraction of sp³-hybridized carbons (Fsp3) is 0.231. The summed E-state index contributed by atoms with van der Waals surface area (Å²) in [6.07, 6.45) is 2.53. The van der Waals surface area contributed by atoms with E-state index < -0.39 is 9.84 Å². The molecule has 21 heavy (non-hydrogen) atoms. The summed E-state index contributed by atoms with van der Waals surface area (Å²) in [5, 5.41) is 3.06. The topological polar surface area (TPSA) is 107 Å². The summed E-state index contributed by atoms with van der Waals surface area (Å²) in [5.41, 5.74) is 7.08. The van der Waals surface area contributed by atoms with Crippen LogP contribution in [0.3, 0.4) is 0 Å². The predicted molar refractivity (Wildman–Crippen MR) is 79.9 cm³/mol. The SMILES string of the molecule is COc1ncnc(NCc2ccc(S(C)(=O)=O)cc2)c1N. The zero-order chi connectivity index (χ0) is 15.5. The van der Waals surface area contributed by atoms with Gasteiger partial charge in [0.25, 0.3) is 0 Å². The molecular formula is C13H16N4O3S. The van der Waals surface area contributed by atoms with Crippen LogP contribution >= 0.6 is 0 Å². The summed E-state index contributed by atoms with van der Waals surface area (Å²) in [7, 11) is -1.70. The van der Waals surface area contributed by atoms with Crippen molar-refractivity contribution in [1.29, 1.82) is 0 Å². The fourth-order valence-corrected chi connectivity index (χ4v) is 2.35. The number of nitrogens with zero attached hydrogens (tertiary/aromatic N) is 2. The van der Waals surface area contributed by atoms with Crippen LogP contribution in [0, 0.1) is 0 Å². The first kappa shape index (κ1) is 15.0. The van der Waals surface area contributed by atoms with Crippen molar-refractivity contribution in [3.63, 3.8) is 0 Å². The molecule has 0 fully saturated rings. The highest BCUT2D eigenvalue weighted by molar-refractivity contribution is 7.90. The van der Waals surface area contributed by atoms with Gasteiger partial charge in [0.05, 0.1) is 12.0 Å². The van der Waals surface area contributed by atoms with E-state index in [0.717, 1.165) is 5.56 Å². The third kappa shape index (κ3) is 3.60. The van der Waals surface area contributed by atoms with Gasteiger partial charge in [0, 0.05) is 12.8 Å². The standard InChI is InChI=1S/C13H16N4O3S/c1-20-13-11(14)12(16-8-17-13)15-7-9-3-5-10(6-4-9)21(2,18)19/h3-6,8H,7,14H2,1-2H3,(H,15,16,17). The molecule has 1 aromatic carbocycles. The van der Waals surface area contributed by atoms with E-state index in [1.807, 2.05) is 0 Å². The van der Waals surface area contributed by atoms with Gasteiger partial charge in [-0.3, -0.25) is 0 Å². The van der Waals surface area contributed by atoms with Gasteiger partial charge in [-0.15, -0.1) is 0 Å². The highest BCUT2D eigenvalue weighted by Gasteiger charge is 2.09. The Morgan fingerprint density at radius 1 is 1.24 bits per heavy atom. The Hall–Kier alpha value is -2.35. The number of ether oxygens (including phenoxy) is 1. The number of rotatable bonds is 5. The molecule has 8 heteroatoms. The van der Waals surface area contributed by atoms with E-state index in [0.29, 0.717) is 23.9 Å². The lowest BCUT2D eigenvalue weighted by atomic mass is 10.2. The third-order valence-corrected chi connectivity index (χ3v) is 3.98. The van der Waals surface area contributed by atoms with Gasteiger partial charge in [0.1, 0.15) is 12.0 Å². The molecule has 2 rings (SSSR count). The second-order valence-corrected chi connectivity index (χ2v) is 6.43. The Kier molecular flexibility index (Phi) is 4.27. The van der Waals surface area contributed by atoms with Crippen molar-refractivity contribution in [3.05, 3.63) is 36.2 Å². The Labute approximate surface area is 123 Å². The molecule has 0 saturated carbocycles. The number of methoxy groups -OCH3 is 1. The number of nitrogens with one attached hydrogen (secondary N) is 1. The largest absolute Gasteiger partial charge is 0.479 e. The molecule has 0 radical (unpaired) electrons. The summed E-state index contributed by atoms with van der Waals surface area (Å²) < 4.78 is 27.8. The molecular weight excluding hydrogens is 292 g/mol. The van der Waals surface area contributed by atoms with Gasteiger partial charge >= 0.3 is 0 Å². The molecule has 2 aromatic rings. The molecule has 1 heterocycles. The molecule has 3 N–H and O–H groups in total. The average Bonchev–Trinajstić information content (AvgIpc) is 2.46. The number of sulfone groups is 1. The Morgan fingerprint density at radius 3 is 2.48 bits per heavy atom. The van der Waals surface area contributed by atoms with Gasteiger partial charge in [-0.2, -0.15) is 4.98 Å².